The highest BCUT2D eigenvalue weighted by atomic mass is 19.4. The molecule has 3 aromatic carbocycles. The van der Waals surface area contributed by atoms with Gasteiger partial charge in [-0.05, 0) is 89.5 Å². The van der Waals surface area contributed by atoms with Crippen molar-refractivity contribution in [3.05, 3.63) is 84.4 Å². The largest absolute Gasteiger partial charge is 0.489 e. The Balaban J connectivity index is 1.34. The molecule has 0 heterocycles. The van der Waals surface area contributed by atoms with E-state index < -0.39 is 12.6 Å². The maximum Gasteiger partial charge on any atom is 0.389 e. The minimum absolute atomic E-state index is 0.0595. The summed E-state index contributed by atoms with van der Waals surface area (Å²) in [6.45, 7) is 5.05. The lowest BCUT2D eigenvalue weighted by Gasteiger charge is -2.29. The number of hydrogen-bond acceptors (Lipinski definition) is 4. The summed E-state index contributed by atoms with van der Waals surface area (Å²) >= 11 is 0. The van der Waals surface area contributed by atoms with Crippen molar-refractivity contribution in [3.63, 3.8) is 0 Å². The standard InChI is InChI=1S/C37H45F3O4/c1-27(26-41)20-22-43-36-25-34(18-19-35(36)44-24-23-42-2)33-16-14-32(15-17-33)31-12-10-30(11-13-31)29-8-6-28(7-9-29)5-3-4-21-37(38,39)40/h10-19,25,28-29,41H,1,3-9,20-24,26H2,2H3. The van der Waals surface area contributed by atoms with E-state index >= 15 is 0 Å². The molecule has 3 aromatic rings. The van der Waals surface area contributed by atoms with Gasteiger partial charge in [0.05, 0.1) is 19.8 Å². The number of aliphatic hydroxyl groups excluding tert-OH is 1. The molecule has 0 spiro atoms. The smallest absolute Gasteiger partial charge is 0.389 e. The first-order valence-corrected chi connectivity index (χ1v) is 15.7. The summed E-state index contributed by atoms with van der Waals surface area (Å²) in [5.74, 6) is 2.37. The number of hydrogen-bond donors (Lipinski definition) is 1. The van der Waals surface area contributed by atoms with E-state index in [0.717, 1.165) is 59.9 Å². The molecule has 0 atom stereocenters. The molecule has 0 amide bonds. The van der Waals surface area contributed by atoms with Crippen molar-refractivity contribution in [3.8, 4) is 33.8 Å². The topological polar surface area (TPSA) is 47.9 Å². The molecule has 4 rings (SSSR count). The minimum atomic E-state index is -4.03. The monoisotopic (exact) mass is 610 g/mol. The Kier molecular flexibility index (Phi) is 12.7. The van der Waals surface area contributed by atoms with Gasteiger partial charge >= 0.3 is 6.18 Å². The van der Waals surface area contributed by atoms with E-state index in [1.54, 1.807) is 7.11 Å². The lowest BCUT2D eigenvalue weighted by atomic mass is 9.77. The SMILES string of the molecule is C=C(CO)CCOc1cc(-c2ccc(-c3ccc(C4CCC(CCCCC(F)(F)F)CC4)cc3)cc2)ccc1OCCOC. The highest BCUT2D eigenvalue weighted by molar-refractivity contribution is 5.72. The molecule has 4 nitrogen and oxygen atoms in total. The maximum atomic E-state index is 12.4. The predicted molar refractivity (Wildman–Crippen MR) is 170 cm³/mol. The summed E-state index contributed by atoms with van der Waals surface area (Å²) in [5, 5.41) is 9.24. The molecule has 7 heteroatoms. The first-order valence-electron chi connectivity index (χ1n) is 15.7. The molecule has 0 unspecified atom stereocenters. The normalized spacial score (nSPS) is 16.9. The third kappa shape index (κ3) is 10.4. The molecule has 238 valence electrons. The summed E-state index contributed by atoms with van der Waals surface area (Å²) in [7, 11) is 1.63. The van der Waals surface area contributed by atoms with E-state index in [4.69, 9.17) is 14.2 Å². The summed E-state index contributed by atoms with van der Waals surface area (Å²) in [4.78, 5) is 0. The second-order valence-electron chi connectivity index (χ2n) is 11.8. The van der Waals surface area contributed by atoms with Crippen molar-refractivity contribution in [2.45, 2.75) is 69.9 Å². The number of unbranched alkanes of at least 4 members (excludes halogenated alkanes) is 1. The number of aliphatic hydroxyl groups is 1. The molecule has 0 saturated heterocycles. The van der Waals surface area contributed by atoms with Gasteiger partial charge in [0.1, 0.15) is 6.61 Å². The number of methoxy groups -OCH3 is 1. The molecule has 0 aromatic heterocycles. The van der Waals surface area contributed by atoms with Crippen LogP contribution in [0, 0.1) is 5.92 Å². The van der Waals surface area contributed by atoms with E-state index in [2.05, 4.69) is 55.1 Å². The van der Waals surface area contributed by atoms with Crippen LogP contribution in [-0.4, -0.2) is 44.8 Å². The van der Waals surface area contributed by atoms with Gasteiger partial charge in [0.2, 0.25) is 0 Å². The summed E-state index contributed by atoms with van der Waals surface area (Å²) in [6, 6.07) is 23.2. The van der Waals surface area contributed by atoms with Crippen molar-refractivity contribution in [2.75, 3.05) is 33.5 Å². The van der Waals surface area contributed by atoms with Gasteiger partial charge in [-0.25, -0.2) is 0 Å². The second-order valence-corrected chi connectivity index (χ2v) is 11.8. The van der Waals surface area contributed by atoms with Gasteiger partial charge < -0.3 is 19.3 Å². The Bertz CT molecular complexity index is 1290. The molecule has 1 aliphatic carbocycles. The molecule has 1 N–H and O–H groups in total. The lowest BCUT2D eigenvalue weighted by Crippen LogP contribution is -2.14. The molecule has 0 aliphatic heterocycles. The zero-order valence-corrected chi connectivity index (χ0v) is 25.7. The van der Waals surface area contributed by atoms with Crippen LogP contribution in [0.3, 0.4) is 0 Å². The van der Waals surface area contributed by atoms with Crippen molar-refractivity contribution >= 4 is 0 Å². The Morgan fingerprint density at radius 2 is 1.36 bits per heavy atom. The molecule has 44 heavy (non-hydrogen) atoms. The summed E-state index contributed by atoms with van der Waals surface area (Å²) in [6.07, 6.45) is 2.13. The Labute approximate surface area is 259 Å². The van der Waals surface area contributed by atoms with Crippen LogP contribution >= 0.6 is 0 Å². The van der Waals surface area contributed by atoms with E-state index in [1.165, 1.54) is 5.56 Å². The average Bonchev–Trinajstić information content (AvgIpc) is 3.04. The van der Waals surface area contributed by atoms with Crippen LogP contribution in [0.15, 0.2) is 78.9 Å². The first-order chi connectivity index (χ1) is 21.3. The number of rotatable bonds is 16. The zero-order valence-electron chi connectivity index (χ0n) is 25.7. The number of halogens is 3. The van der Waals surface area contributed by atoms with Gasteiger partial charge in [-0.15, -0.1) is 0 Å². The Morgan fingerprint density at radius 3 is 1.98 bits per heavy atom. The van der Waals surface area contributed by atoms with Crippen LogP contribution in [0.25, 0.3) is 22.3 Å². The van der Waals surface area contributed by atoms with E-state index in [0.29, 0.717) is 56.0 Å². The predicted octanol–water partition coefficient (Wildman–Crippen LogP) is 9.76. The summed E-state index contributed by atoms with van der Waals surface area (Å²) < 4.78 is 54.2. The lowest BCUT2D eigenvalue weighted by molar-refractivity contribution is -0.135. The van der Waals surface area contributed by atoms with Crippen molar-refractivity contribution in [1.82, 2.24) is 0 Å². The van der Waals surface area contributed by atoms with Crippen molar-refractivity contribution in [2.24, 2.45) is 5.92 Å². The van der Waals surface area contributed by atoms with Gasteiger partial charge in [0, 0.05) is 20.0 Å². The zero-order chi connectivity index (χ0) is 31.4. The van der Waals surface area contributed by atoms with E-state index in [9.17, 15) is 18.3 Å². The average molecular weight is 611 g/mol. The van der Waals surface area contributed by atoms with Crippen LogP contribution in [0.1, 0.15) is 69.3 Å². The Hall–Kier alpha value is -3.29. The third-order valence-electron chi connectivity index (χ3n) is 8.53. The van der Waals surface area contributed by atoms with Gasteiger partial charge in [0.25, 0.3) is 0 Å². The second kappa shape index (κ2) is 16.7. The van der Waals surface area contributed by atoms with Gasteiger partial charge in [0.15, 0.2) is 11.5 Å². The van der Waals surface area contributed by atoms with Crippen LogP contribution in [-0.2, 0) is 4.74 Å². The quantitative estimate of drug-likeness (QED) is 0.130. The molecule has 1 aliphatic rings. The molecule has 0 bridgehead atoms. The summed E-state index contributed by atoms with van der Waals surface area (Å²) in [5.41, 5.74) is 6.45. The van der Waals surface area contributed by atoms with Crippen LogP contribution in [0.2, 0.25) is 0 Å². The van der Waals surface area contributed by atoms with E-state index in [-0.39, 0.29) is 13.0 Å². The van der Waals surface area contributed by atoms with Crippen LogP contribution in [0.5, 0.6) is 11.5 Å². The molecular weight excluding hydrogens is 565 g/mol. The van der Waals surface area contributed by atoms with Gasteiger partial charge in [-0.1, -0.05) is 74.0 Å². The number of benzene rings is 3. The Morgan fingerprint density at radius 1 is 0.773 bits per heavy atom. The molecule has 1 saturated carbocycles. The molecular formula is C37H45F3O4. The minimum Gasteiger partial charge on any atom is -0.489 e. The van der Waals surface area contributed by atoms with Crippen molar-refractivity contribution < 1.29 is 32.5 Å². The fourth-order valence-electron chi connectivity index (χ4n) is 5.88. The van der Waals surface area contributed by atoms with Crippen LogP contribution in [0.4, 0.5) is 13.2 Å². The van der Waals surface area contributed by atoms with Crippen LogP contribution < -0.4 is 9.47 Å². The van der Waals surface area contributed by atoms with Crippen molar-refractivity contribution in [1.29, 1.82) is 0 Å². The van der Waals surface area contributed by atoms with E-state index in [1.807, 2.05) is 18.2 Å². The maximum absolute atomic E-state index is 12.4. The van der Waals surface area contributed by atoms with Gasteiger partial charge in [-0.2, -0.15) is 13.2 Å². The first kappa shape index (κ1) is 33.6. The molecule has 0 radical (unpaired) electrons. The van der Waals surface area contributed by atoms with Gasteiger partial charge in [-0.3, -0.25) is 0 Å². The highest BCUT2D eigenvalue weighted by Crippen LogP contribution is 2.39. The fourth-order valence-corrected chi connectivity index (χ4v) is 5.88. The fraction of sp³-hybridized carbons (Fsp3) is 0.459. The number of alkyl halides is 3. The molecule has 1 fully saturated rings. The highest BCUT2D eigenvalue weighted by Gasteiger charge is 2.27. The third-order valence-corrected chi connectivity index (χ3v) is 8.53. The number of ether oxygens (including phenoxy) is 3.